The predicted molar refractivity (Wildman–Crippen MR) is 97.3 cm³/mol. The third-order valence-corrected chi connectivity index (χ3v) is 3.81. The molecule has 7 heteroatoms. The Morgan fingerprint density at radius 1 is 1.04 bits per heavy atom. The zero-order valence-electron chi connectivity index (χ0n) is 14.2. The van der Waals surface area contributed by atoms with E-state index in [1.165, 1.54) is 22.9 Å². The molecule has 0 amide bonds. The second kappa shape index (κ2) is 7.60. The van der Waals surface area contributed by atoms with Gasteiger partial charge in [-0.05, 0) is 42.8 Å². The van der Waals surface area contributed by atoms with E-state index in [0.717, 1.165) is 16.9 Å². The van der Waals surface area contributed by atoms with Gasteiger partial charge in [-0.2, -0.15) is 5.10 Å². The summed E-state index contributed by atoms with van der Waals surface area (Å²) < 4.78 is 6.76. The fraction of sp³-hybridized carbons (Fsp3) is 0.158. The molecule has 0 aliphatic carbocycles. The SMILES string of the molecule is CCOc1ccc(-c2ccc(=O)n(Cc3ccc([N+](=O)[O-])cc3)n2)cc1. The Labute approximate surface area is 149 Å². The van der Waals surface area contributed by atoms with Crippen molar-refractivity contribution in [2.75, 3.05) is 6.61 Å². The molecule has 1 heterocycles. The molecule has 0 aliphatic rings. The zero-order chi connectivity index (χ0) is 18.5. The van der Waals surface area contributed by atoms with Gasteiger partial charge in [-0.1, -0.05) is 12.1 Å². The van der Waals surface area contributed by atoms with Crippen LogP contribution in [0.5, 0.6) is 5.75 Å². The van der Waals surface area contributed by atoms with Crippen LogP contribution in [0.25, 0.3) is 11.3 Å². The molecule has 0 atom stereocenters. The first kappa shape index (κ1) is 17.3. The normalized spacial score (nSPS) is 10.5. The average molecular weight is 351 g/mol. The van der Waals surface area contributed by atoms with Gasteiger partial charge in [0.25, 0.3) is 11.2 Å². The monoisotopic (exact) mass is 351 g/mol. The molecule has 1 aromatic heterocycles. The second-order valence-electron chi connectivity index (χ2n) is 5.60. The van der Waals surface area contributed by atoms with Gasteiger partial charge in [0.2, 0.25) is 0 Å². The molecule has 3 rings (SSSR count). The Balaban J connectivity index is 1.85. The lowest BCUT2D eigenvalue weighted by Gasteiger charge is -2.08. The van der Waals surface area contributed by atoms with Crippen LogP contribution in [-0.4, -0.2) is 21.3 Å². The van der Waals surface area contributed by atoms with Crippen molar-refractivity contribution in [2.24, 2.45) is 0 Å². The summed E-state index contributed by atoms with van der Waals surface area (Å²) >= 11 is 0. The van der Waals surface area contributed by atoms with Crippen LogP contribution in [0.15, 0.2) is 65.5 Å². The number of nitrogens with zero attached hydrogens (tertiary/aromatic N) is 3. The van der Waals surface area contributed by atoms with Gasteiger partial charge in [0.1, 0.15) is 5.75 Å². The maximum atomic E-state index is 12.1. The number of benzene rings is 2. The van der Waals surface area contributed by atoms with Crippen LogP contribution < -0.4 is 10.3 Å². The molecular formula is C19H17N3O4. The molecule has 0 bridgehead atoms. The largest absolute Gasteiger partial charge is 0.494 e. The van der Waals surface area contributed by atoms with Crippen LogP contribution in [-0.2, 0) is 6.54 Å². The van der Waals surface area contributed by atoms with Gasteiger partial charge in [-0.15, -0.1) is 0 Å². The third-order valence-electron chi connectivity index (χ3n) is 3.81. The van der Waals surface area contributed by atoms with E-state index in [-0.39, 0.29) is 17.8 Å². The minimum absolute atomic E-state index is 0.0113. The van der Waals surface area contributed by atoms with E-state index >= 15 is 0 Å². The summed E-state index contributed by atoms with van der Waals surface area (Å²) in [4.78, 5) is 22.4. The molecule has 132 valence electrons. The first-order chi connectivity index (χ1) is 12.6. The van der Waals surface area contributed by atoms with E-state index in [1.54, 1.807) is 18.2 Å². The maximum absolute atomic E-state index is 12.1. The van der Waals surface area contributed by atoms with Crippen molar-refractivity contribution < 1.29 is 9.66 Å². The van der Waals surface area contributed by atoms with Crippen molar-refractivity contribution in [1.82, 2.24) is 9.78 Å². The highest BCUT2D eigenvalue weighted by Crippen LogP contribution is 2.20. The molecule has 0 fully saturated rings. The first-order valence-electron chi connectivity index (χ1n) is 8.11. The fourth-order valence-electron chi connectivity index (χ4n) is 2.50. The Bertz CT molecular complexity index is 963. The standard InChI is InChI=1S/C19H17N3O4/c1-2-26-17-9-5-15(6-10-17)18-11-12-19(23)21(20-18)13-14-3-7-16(8-4-14)22(24)25/h3-12H,2,13H2,1H3. The molecule has 0 saturated heterocycles. The molecule has 0 unspecified atom stereocenters. The van der Waals surface area contributed by atoms with Gasteiger partial charge < -0.3 is 4.74 Å². The Morgan fingerprint density at radius 3 is 2.35 bits per heavy atom. The Kier molecular flexibility index (Phi) is 5.07. The number of hydrogen-bond acceptors (Lipinski definition) is 5. The highest BCUT2D eigenvalue weighted by Gasteiger charge is 2.07. The zero-order valence-corrected chi connectivity index (χ0v) is 14.2. The van der Waals surface area contributed by atoms with E-state index < -0.39 is 4.92 Å². The highest BCUT2D eigenvalue weighted by atomic mass is 16.6. The smallest absolute Gasteiger partial charge is 0.269 e. The van der Waals surface area contributed by atoms with Gasteiger partial charge in [-0.25, -0.2) is 4.68 Å². The van der Waals surface area contributed by atoms with Crippen molar-refractivity contribution in [3.63, 3.8) is 0 Å². The maximum Gasteiger partial charge on any atom is 0.269 e. The van der Waals surface area contributed by atoms with Crippen molar-refractivity contribution in [3.8, 4) is 17.0 Å². The van der Waals surface area contributed by atoms with Gasteiger partial charge >= 0.3 is 0 Å². The minimum Gasteiger partial charge on any atom is -0.494 e. The van der Waals surface area contributed by atoms with Gasteiger partial charge in [0.05, 0.1) is 23.8 Å². The quantitative estimate of drug-likeness (QED) is 0.502. The van der Waals surface area contributed by atoms with Crippen LogP contribution >= 0.6 is 0 Å². The van der Waals surface area contributed by atoms with E-state index in [9.17, 15) is 14.9 Å². The summed E-state index contributed by atoms with van der Waals surface area (Å²) in [6.45, 7) is 2.75. The highest BCUT2D eigenvalue weighted by molar-refractivity contribution is 5.59. The van der Waals surface area contributed by atoms with Crippen molar-refractivity contribution in [3.05, 3.63) is 86.7 Å². The van der Waals surface area contributed by atoms with Crippen molar-refractivity contribution >= 4 is 5.69 Å². The number of rotatable bonds is 6. The summed E-state index contributed by atoms with van der Waals surface area (Å²) in [6, 6.07) is 16.7. The first-order valence-corrected chi connectivity index (χ1v) is 8.11. The summed E-state index contributed by atoms with van der Waals surface area (Å²) in [5.41, 5.74) is 2.06. The topological polar surface area (TPSA) is 87.3 Å². The lowest BCUT2D eigenvalue weighted by Crippen LogP contribution is -2.22. The van der Waals surface area contributed by atoms with Gasteiger partial charge in [0.15, 0.2) is 0 Å². The summed E-state index contributed by atoms with van der Waals surface area (Å²) in [5.74, 6) is 0.774. The molecule has 26 heavy (non-hydrogen) atoms. The van der Waals surface area contributed by atoms with Crippen LogP contribution in [0.2, 0.25) is 0 Å². The molecule has 2 aromatic carbocycles. The second-order valence-corrected chi connectivity index (χ2v) is 5.60. The molecule has 0 aliphatic heterocycles. The average Bonchev–Trinajstić information content (AvgIpc) is 2.65. The van der Waals surface area contributed by atoms with Crippen LogP contribution in [0.1, 0.15) is 12.5 Å². The van der Waals surface area contributed by atoms with E-state index in [4.69, 9.17) is 4.74 Å². The van der Waals surface area contributed by atoms with Crippen LogP contribution in [0.4, 0.5) is 5.69 Å². The number of nitro benzene ring substituents is 1. The molecule has 0 N–H and O–H groups in total. The van der Waals surface area contributed by atoms with Gasteiger partial charge in [0, 0.05) is 23.8 Å². The predicted octanol–water partition coefficient (Wildman–Crippen LogP) is 3.27. The number of non-ortho nitro benzene ring substituents is 1. The number of ether oxygens (including phenoxy) is 1. The van der Waals surface area contributed by atoms with Crippen LogP contribution in [0, 0.1) is 10.1 Å². The van der Waals surface area contributed by atoms with E-state index in [1.807, 2.05) is 31.2 Å². The molecular weight excluding hydrogens is 334 g/mol. The summed E-state index contributed by atoms with van der Waals surface area (Å²) in [6.07, 6.45) is 0. The van der Waals surface area contributed by atoms with E-state index in [0.29, 0.717) is 12.3 Å². The lowest BCUT2D eigenvalue weighted by molar-refractivity contribution is -0.384. The number of aromatic nitrogens is 2. The minimum atomic E-state index is -0.458. The molecule has 7 nitrogen and oxygen atoms in total. The Hall–Kier alpha value is -3.48. The number of nitro groups is 1. The fourth-order valence-corrected chi connectivity index (χ4v) is 2.50. The third kappa shape index (κ3) is 3.94. The van der Waals surface area contributed by atoms with Gasteiger partial charge in [-0.3, -0.25) is 14.9 Å². The molecule has 0 spiro atoms. The van der Waals surface area contributed by atoms with Crippen molar-refractivity contribution in [2.45, 2.75) is 13.5 Å². The molecule has 3 aromatic rings. The van der Waals surface area contributed by atoms with Crippen molar-refractivity contribution in [1.29, 1.82) is 0 Å². The molecule has 0 radical (unpaired) electrons. The lowest BCUT2D eigenvalue weighted by atomic mass is 10.1. The summed E-state index contributed by atoms with van der Waals surface area (Å²) in [7, 11) is 0. The Morgan fingerprint density at radius 2 is 1.73 bits per heavy atom. The van der Waals surface area contributed by atoms with Crippen LogP contribution in [0.3, 0.4) is 0 Å². The number of hydrogen-bond donors (Lipinski definition) is 0. The summed E-state index contributed by atoms with van der Waals surface area (Å²) in [5, 5.41) is 15.1. The van der Waals surface area contributed by atoms with E-state index in [2.05, 4.69) is 5.10 Å². The molecule has 0 saturated carbocycles.